The molecule has 0 fully saturated rings. The summed E-state index contributed by atoms with van der Waals surface area (Å²) in [5.74, 6) is -0.448. The second-order valence-electron chi connectivity index (χ2n) is 3.53. The molecule has 0 atom stereocenters. The molecule has 0 unspecified atom stereocenters. The van der Waals surface area contributed by atoms with Gasteiger partial charge in [-0.15, -0.1) is 0 Å². The van der Waals surface area contributed by atoms with Crippen molar-refractivity contribution in [3.8, 4) is 0 Å². The highest BCUT2D eigenvalue weighted by Crippen LogP contribution is 2.13. The first-order chi connectivity index (χ1) is 8.15. The van der Waals surface area contributed by atoms with Gasteiger partial charge < -0.3 is 10.4 Å². The van der Waals surface area contributed by atoms with E-state index in [1.165, 1.54) is 12.1 Å². The Morgan fingerprint density at radius 2 is 1.94 bits per heavy atom. The minimum Gasteiger partial charge on any atom is -0.478 e. The van der Waals surface area contributed by atoms with Gasteiger partial charge >= 0.3 is 5.97 Å². The average molecular weight is 229 g/mol. The van der Waals surface area contributed by atoms with Crippen LogP contribution in [-0.4, -0.2) is 21.0 Å². The molecule has 0 saturated heterocycles. The predicted molar refractivity (Wildman–Crippen MR) is 63.5 cm³/mol. The fourth-order valence-electron chi connectivity index (χ4n) is 1.33. The number of nitrogens with one attached hydrogen (secondary N) is 1. The van der Waals surface area contributed by atoms with E-state index in [1.54, 1.807) is 24.4 Å². The van der Waals surface area contributed by atoms with Crippen molar-refractivity contribution in [1.29, 1.82) is 0 Å². The molecule has 0 amide bonds. The van der Waals surface area contributed by atoms with Crippen LogP contribution in [0.3, 0.4) is 0 Å². The van der Waals surface area contributed by atoms with Gasteiger partial charge in [-0.1, -0.05) is 0 Å². The number of anilines is 2. The summed E-state index contributed by atoms with van der Waals surface area (Å²) in [6.45, 7) is 1.88. The Bertz CT molecular complexity index is 538. The SMILES string of the molecule is Cc1ccnc(Nc2ccc(C(=O)O)cc2)n1. The van der Waals surface area contributed by atoms with Gasteiger partial charge in [-0.2, -0.15) is 0 Å². The van der Waals surface area contributed by atoms with Crippen LogP contribution in [0.4, 0.5) is 11.6 Å². The Hall–Kier alpha value is -2.43. The van der Waals surface area contributed by atoms with Crippen LogP contribution in [-0.2, 0) is 0 Å². The molecule has 1 aromatic heterocycles. The Balaban J connectivity index is 2.16. The van der Waals surface area contributed by atoms with Gasteiger partial charge in [0.05, 0.1) is 5.56 Å². The molecule has 86 valence electrons. The summed E-state index contributed by atoms with van der Waals surface area (Å²) in [6, 6.07) is 8.21. The van der Waals surface area contributed by atoms with Crippen molar-refractivity contribution in [3.05, 3.63) is 47.8 Å². The molecule has 0 bridgehead atoms. The molecule has 1 heterocycles. The molecule has 2 N–H and O–H groups in total. The lowest BCUT2D eigenvalue weighted by atomic mass is 10.2. The van der Waals surface area contributed by atoms with E-state index in [1.807, 2.05) is 6.92 Å². The zero-order valence-corrected chi connectivity index (χ0v) is 9.21. The summed E-state index contributed by atoms with van der Waals surface area (Å²) < 4.78 is 0. The van der Waals surface area contributed by atoms with Crippen molar-refractivity contribution >= 4 is 17.6 Å². The van der Waals surface area contributed by atoms with Crippen molar-refractivity contribution in [1.82, 2.24) is 9.97 Å². The third-order valence-electron chi connectivity index (χ3n) is 2.18. The summed E-state index contributed by atoms with van der Waals surface area (Å²) in [5.41, 5.74) is 1.87. The van der Waals surface area contributed by atoms with Crippen LogP contribution >= 0.6 is 0 Å². The Labute approximate surface area is 98.2 Å². The molecule has 0 radical (unpaired) electrons. The fourth-order valence-corrected chi connectivity index (χ4v) is 1.33. The first kappa shape index (κ1) is 11.1. The van der Waals surface area contributed by atoms with Gasteiger partial charge in [0, 0.05) is 17.6 Å². The quantitative estimate of drug-likeness (QED) is 0.844. The van der Waals surface area contributed by atoms with E-state index in [0.29, 0.717) is 5.95 Å². The number of carbonyl (C=O) groups is 1. The molecular weight excluding hydrogens is 218 g/mol. The van der Waals surface area contributed by atoms with Gasteiger partial charge in [-0.05, 0) is 37.3 Å². The highest BCUT2D eigenvalue weighted by atomic mass is 16.4. The number of hydrogen-bond donors (Lipinski definition) is 2. The zero-order valence-electron chi connectivity index (χ0n) is 9.21. The molecule has 0 spiro atoms. The highest BCUT2D eigenvalue weighted by Gasteiger charge is 2.02. The van der Waals surface area contributed by atoms with Crippen LogP contribution in [0.2, 0.25) is 0 Å². The first-order valence-electron chi connectivity index (χ1n) is 5.05. The summed E-state index contributed by atoms with van der Waals surface area (Å²) in [7, 11) is 0. The molecule has 1 aromatic carbocycles. The van der Waals surface area contributed by atoms with E-state index in [2.05, 4.69) is 15.3 Å². The Morgan fingerprint density at radius 3 is 2.53 bits per heavy atom. The minimum atomic E-state index is -0.941. The second kappa shape index (κ2) is 4.61. The number of aromatic nitrogens is 2. The largest absolute Gasteiger partial charge is 0.478 e. The van der Waals surface area contributed by atoms with Crippen molar-refractivity contribution in [2.75, 3.05) is 5.32 Å². The van der Waals surface area contributed by atoms with E-state index in [9.17, 15) is 4.79 Å². The monoisotopic (exact) mass is 229 g/mol. The number of aryl methyl sites for hydroxylation is 1. The van der Waals surface area contributed by atoms with E-state index in [0.717, 1.165) is 11.4 Å². The van der Waals surface area contributed by atoms with Gasteiger partial charge in [0.15, 0.2) is 0 Å². The van der Waals surface area contributed by atoms with Crippen LogP contribution in [0.15, 0.2) is 36.5 Å². The third kappa shape index (κ3) is 2.78. The number of benzene rings is 1. The summed E-state index contributed by atoms with van der Waals surface area (Å²) in [5, 5.41) is 11.8. The van der Waals surface area contributed by atoms with Crippen LogP contribution in [0.1, 0.15) is 16.1 Å². The molecule has 0 aliphatic heterocycles. The standard InChI is InChI=1S/C12H11N3O2/c1-8-6-7-13-12(14-8)15-10-4-2-9(3-5-10)11(16)17/h2-7H,1H3,(H,16,17)(H,13,14,15). The van der Waals surface area contributed by atoms with Crippen molar-refractivity contribution < 1.29 is 9.90 Å². The van der Waals surface area contributed by atoms with Gasteiger partial charge in [-0.25, -0.2) is 14.8 Å². The van der Waals surface area contributed by atoms with Crippen molar-refractivity contribution in [2.45, 2.75) is 6.92 Å². The molecule has 17 heavy (non-hydrogen) atoms. The molecule has 0 aliphatic carbocycles. The molecule has 0 aliphatic rings. The average Bonchev–Trinajstić information content (AvgIpc) is 2.29. The molecule has 5 heteroatoms. The van der Waals surface area contributed by atoms with Crippen LogP contribution in [0.5, 0.6) is 0 Å². The maximum absolute atomic E-state index is 10.7. The Kier molecular flexibility index (Phi) is 3.00. The summed E-state index contributed by atoms with van der Waals surface area (Å²) >= 11 is 0. The number of carboxylic acids is 1. The lowest BCUT2D eigenvalue weighted by Crippen LogP contribution is -1.99. The summed E-state index contributed by atoms with van der Waals surface area (Å²) in [6.07, 6.45) is 1.66. The highest BCUT2D eigenvalue weighted by molar-refractivity contribution is 5.88. The van der Waals surface area contributed by atoms with E-state index >= 15 is 0 Å². The predicted octanol–water partition coefficient (Wildman–Crippen LogP) is 2.23. The number of aromatic carboxylic acids is 1. The minimum absolute atomic E-state index is 0.251. The van der Waals surface area contributed by atoms with Gasteiger partial charge in [-0.3, -0.25) is 0 Å². The smallest absolute Gasteiger partial charge is 0.335 e. The topological polar surface area (TPSA) is 75.1 Å². The van der Waals surface area contributed by atoms with Crippen LogP contribution in [0.25, 0.3) is 0 Å². The van der Waals surface area contributed by atoms with Gasteiger partial charge in [0.25, 0.3) is 0 Å². The van der Waals surface area contributed by atoms with Crippen molar-refractivity contribution in [2.24, 2.45) is 0 Å². The van der Waals surface area contributed by atoms with E-state index in [4.69, 9.17) is 5.11 Å². The molecule has 2 aromatic rings. The molecule has 2 rings (SSSR count). The third-order valence-corrected chi connectivity index (χ3v) is 2.18. The van der Waals surface area contributed by atoms with Gasteiger partial charge in [0.2, 0.25) is 5.95 Å². The van der Waals surface area contributed by atoms with Crippen LogP contribution < -0.4 is 5.32 Å². The Morgan fingerprint density at radius 1 is 1.24 bits per heavy atom. The maximum Gasteiger partial charge on any atom is 0.335 e. The number of carboxylic acid groups (broad SMARTS) is 1. The van der Waals surface area contributed by atoms with E-state index in [-0.39, 0.29) is 5.56 Å². The molecule has 5 nitrogen and oxygen atoms in total. The van der Waals surface area contributed by atoms with Crippen LogP contribution in [0, 0.1) is 6.92 Å². The lowest BCUT2D eigenvalue weighted by molar-refractivity contribution is 0.0697. The second-order valence-corrected chi connectivity index (χ2v) is 3.53. The molecular formula is C12H11N3O2. The van der Waals surface area contributed by atoms with E-state index < -0.39 is 5.97 Å². The van der Waals surface area contributed by atoms with Gasteiger partial charge in [0.1, 0.15) is 0 Å². The maximum atomic E-state index is 10.7. The fraction of sp³-hybridized carbons (Fsp3) is 0.0833. The molecule has 0 saturated carbocycles. The lowest BCUT2D eigenvalue weighted by Gasteiger charge is -2.05. The number of nitrogens with zero attached hydrogens (tertiary/aromatic N) is 2. The first-order valence-corrected chi connectivity index (χ1v) is 5.05. The normalized spacial score (nSPS) is 9.94. The number of rotatable bonds is 3. The van der Waals surface area contributed by atoms with Crippen molar-refractivity contribution in [3.63, 3.8) is 0 Å². The zero-order chi connectivity index (χ0) is 12.3. The number of hydrogen-bond acceptors (Lipinski definition) is 4. The summed E-state index contributed by atoms with van der Waals surface area (Å²) in [4.78, 5) is 18.9.